The maximum absolute atomic E-state index is 11.5. The SMILES string of the molecule is O=C(NCCCCOCCc1ccccc1)C1CNC1. The van der Waals surface area contributed by atoms with Crippen LogP contribution in [0.15, 0.2) is 30.3 Å². The quantitative estimate of drug-likeness (QED) is 0.670. The predicted molar refractivity (Wildman–Crippen MR) is 79.6 cm³/mol. The molecule has 0 bridgehead atoms. The van der Waals surface area contributed by atoms with Crippen LogP contribution in [0.5, 0.6) is 0 Å². The van der Waals surface area contributed by atoms with Crippen LogP contribution in [0.3, 0.4) is 0 Å². The first-order valence-electron chi connectivity index (χ1n) is 7.46. The summed E-state index contributed by atoms with van der Waals surface area (Å²) in [4.78, 5) is 11.5. The monoisotopic (exact) mass is 276 g/mol. The minimum Gasteiger partial charge on any atom is -0.381 e. The first-order valence-corrected chi connectivity index (χ1v) is 7.46. The first kappa shape index (κ1) is 15.0. The number of rotatable bonds is 9. The van der Waals surface area contributed by atoms with Gasteiger partial charge in [0.25, 0.3) is 0 Å². The van der Waals surface area contributed by atoms with E-state index in [1.165, 1.54) is 5.56 Å². The molecule has 4 nitrogen and oxygen atoms in total. The Hall–Kier alpha value is -1.39. The molecule has 0 aromatic heterocycles. The number of unbranched alkanes of at least 4 members (excludes halogenated alkanes) is 1. The minimum absolute atomic E-state index is 0.189. The largest absolute Gasteiger partial charge is 0.381 e. The van der Waals surface area contributed by atoms with Crippen molar-refractivity contribution in [2.75, 3.05) is 32.8 Å². The van der Waals surface area contributed by atoms with Crippen molar-refractivity contribution in [3.63, 3.8) is 0 Å². The molecule has 2 N–H and O–H groups in total. The molecule has 0 spiro atoms. The van der Waals surface area contributed by atoms with E-state index in [9.17, 15) is 4.79 Å². The topological polar surface area (TPSA) is 50.4 Å². The molecule has 1 aliphatic rings. The van der Waals surface area contributed by atoms with Crippen molar-refractivity contribution >= 4 is 5.91 Å². The van der Waals surface area contributed by atoms with Gasteiger partial charge in [0.15, 0.2) is 0 Å². The van der Waals surface area contributed by atoms with Crippen LogP contribution in [0.1, 0.15) is 18.4 Å². The summed E-state index contributed by atoms with van der Waals surface area (Å²) >= 11 is 0. The molecule has 1 heterocycles. The number of ether oxygens (including phenoxy) is 1. The lowest BCUT2D eigenvalue weighted by Crippen LogP contribution is -2.50. The molecule has 1 amide bonds. The van der Waals surface area contributed by atoms with E-state index in [0.29, 0.717) is 0 Å². The van der Waals surface area contributed by atoms with E-state index in [-0.39, 0.29) is 11.8 Å². The van der Waals surface area contributed by atoms with E-state index in [2.05, 4.69) is 34.9 Å². The molecule has 1 aromatic carbocycles. The van der Waals surface area contributed by atoms with Crippen LogP contribution in [0.2, 0.25) is 0 Å². The van der Waals surface area contributed by atoms with Crippen LogP contribution < -0.4 is 10.6 Å². The second-order valence-electron chi connectivity index (χ2n) is 5.20. The molecule has 110 valence electrons. The Labute approximate surface area is 120 Å². The zero-order valence-corrected chi connectivity index (χ0v) is 11.9. The fourth-order valence-corrected chi connectivity index (χ4v) is 2.10. The molecule has 2 rings (SSSR count). The van der Waals surface area contributed by atoms with Gasteiger partial charge in [-0.15, -0.1) is 0 Å². The lowest BCUT2D eigenvalue weighted by molar-refractivity contribution is -0.126. The maximum atomic E-state index is 11.5. The van der Waals surface area contributed by atoms with Crippen molar-refractivity contribution in [3.8, 4) is 0 Å². The molecule has 1 aromatic rings. The van der Waals surface area contributed by atoms with E-state index in [4.69, 9.17) is 4.74 Å². The normalized spacial score (nSPS) is 14.8. The van der Waals surface area contributed by atoms with Gasteiger partial charge in [-0.05, 0) is 24.8 Å². The van der Waals surface area contributed by atoms with Crippen molar-refractivity contribution in [1.29, 1.82) is 0 Å². The maximum Gasteiger partial charge on any atom is 0.225 e. The Bertz CT molecular complexity index is 391. The van der Waals surface area contributed by atoms with E-state index >= 15 is 0 Å². The van der Waals surface area contributed by atoms with Crippen LogP contribution in [0.4, 0.5) is 0 Å². The van der Waals surface area contributed by atoms with E-state index in [0.717, 1.165) is 52.1 Å². The Morgan fingerprint density at radius 1 is 1.20 bits per heavy atom. The Morgan fingerprint density at radius 2 is 2.00 bits per heavy atom. The van der Waals surface area contributed by atoms with Crippen molar-refractivity contribution in [1.82, 2.24) is 10.6 Å². The molecule has 1 saturated heterocycles. The number of nitrogens with one attached hydrogen (secondary N) is 2. The van der Waals surface area contributed by atoms with Crippen molar-refractivity contribution < 1.29 is 9.53 Å². The Morgan fingerprint density at radius 3 is 2.70 bits per heavy atom. The lowest BCUT2D eigenvalue weighted by Gasteiger charge is -2.25. The summed E-state index contributed by atoms with van der Waals surface area (Å²) in [6.45, 7) is 3.96. The molecule has 0 unspecified atom stereocenters. The Balaban J connectivity index is 1.39. The summed E-state index contributed by atoms with van der Waals surface area (Å²) in [5, 5.41) is 6.07. The predicted octanol–water partition coefficient (Wildman–Crippen LogP) is 1.36. The fourth-order valence-electron chi connectivity index (χ4n) is 2.10. The van der Waals surface area contributed by atoms with Crippen LogP contribution in [0.25, 0.3) is 0 Å². The number of hydrogen-bond acceptors (Lipinski definition) is 3. The first-order chi connectivity index (χ1) is 9.86. The zero-order chi connectivity index (χ0) is 14.0. The second kappa shape index (κ2) is 8.72. The highest BCUT2D eigenvalue weighted by Crippen LogP contribution is 2.02. The lowest BCUT2D eigenvalue weighted by atomic mass is 10.0. The van der Waals surface area contributed by atoms with Crippen molar-refractivity contribution in [2.24, 2.45) is 5.92 Å². The molecular formula is C16H24N2O2. The van der Waals surface area contributed by atoms with Gasteiger partial charge >= 0.3 is 0 Å². The molecule has 1 fully saturated rings. The van der Waals surface area contributed by atoms with Gasteiger partial charge in [0.1, 0.15) is 0 Å². The Kier molecular flexibility index (Phi) is 6.54. The molecule has 0 saturated carbocycles. The summed E-state index contributed by atoms with van der Waals surface area (Å²) in [6.07, 6.45) is 2.95. The average Bonchev–Trinajstić information content (AvgIpc) is 2.41. The van der Waals surface area contributed by atoms with Gasteiger partial charge in [-0.1, -0.05) is 30.3 Å². The number of carbonyl (C=O) groups excluding carboxylic acids is 1. The van der Waals surface area contributed by atoms with E-state index in [1.807, 2.05) is 6.07 Å². The van der Waals surface area contributed by atoms with Gasteiger partial charge in [-0.2, -0.15) is 0 Å². The highest BCUT2D eigenvalue weighted by atomic mass is 16.5. The summed E-state index contributed by atoms with van der Waals surface area (Å²) in [6, 6.07) is 10.4. The minimum atomic E-state index is 0.189. The molecule has 20 heavy (non-hydrogen) atoms. The van der Waals surface area contributed by atoms with Crippen molar-refractivity contribution in [2.45, 2.75) is 19.3 Å². The summed E-state index contributed by atoms with van der Waals surface area (Å²) in [7, 11) is 0. The van der Waals surface area contributed by atoms with Gasteiger partial charge in [-0.25, -0.2) is 0 Å². The number of amides is 1. The van der Waals surface area contributed by atoms with Crippen LogP contribution in [-0.4, -0.2) is 38.8 Å². The summed E-state index contributed by atoms with van der Waals surface area (Å²) in [5.41, 5.74) is 1.31. The van der Waals surface area contributed by atoms with Gasteiger partial charge in [-0.3, -0.25) is 4.79 Å². The molecule has 0 aliphatic carbocycles. The molecular weight excluding hydrogens is 252 g/mol. The average molecular weight is 276 g/mol. The molecule has 1 aliphatic heterocycles. The van der Waals surface area contributed by atoms with Crippen molar-refractivity contribution in [3.05, 3.63) is 35.9 Å². The van der Waals surface area contributed by atoms with E-state index < -0.39 is 0 Å². The van der Waals surface area contributed by atoms with Crippen LogP contribution in [-0.2, 0) is 16.0 Å². The number of hydrogen-bond donors (Lipinski definition) is 2. The van der Waals surface area contributed by atoms with Crippen LogP contribution >= 0.6 is 0 Å². The van der Waals surface area contributed by atoms with Crippen LogP contribution in [0, 0.1) is 5.92 Å². The second-order valence-corrected chi connectivity index (χ2v) is 5.20. The number of benzene rings is 1. The molecule has 0 atom stereocenters. The third-order valence-electron chi connectivity index (χ3n) is 3.54. The van der Waals surface area contributed by atoms with Gasteiger partial charge in [0.05, 0.1) is 12.5 Å². The van der Waals surface area contributed by atoms with E-state index in [1.54, 1.807) is 0 Å². The zero-order valence-electron chi connectivity index (χ0n) is 11.9. The molecule has 4 heteroatoms. The van der Waals surface area contributed by atoms with Gasteiger partial charge in [0, 0.05) is 26.2 Å². The third kappa shape index (κ3) is 5.31. The third-order valence-corrected chi connectivity index (χ3v) is 3.54. The molecule has 0 radical (unpaired) electrons. The smallest absolute Gasteiger partial charge is 0.225 e. The highest BCUT2D eigenvalue weighted by Gasteiger charge is 2.23. The number of carbonyl (C=O) groups is 1. The summed E-state index contributed by atoms with van der Waals surface area (Å²) in [5.74, 6) is 0.380. The highest BCUT2D eigenvalue weighted by molar-refractivity contribution is 5.79. The fraction of sp³-hybridized carbons (Fsp3) is 0.562. The van der Waals surface area contributed by atoms with Gasteiger partial charge < -0.3 is 15.4 Å². The van der Waals surface area contributed by atoms with Gasteiger partial charge in [0.2, 0.25) is 5.91 Å². The summed E-state index contributed by atoms with van der Waals surface area (Å²) < 4.78 is 5.60. The standard InChI is InChI=1S/C16H24N2O2/c19-16(15-12-17-13-15)18-9-4-5-10-20-11-8-14-6-2-1-3-7-14/h1-3,6-7,15,17H,4-5,8-13H2,(H,18,19).